The fraction of sp³-hybridized carbons (Fsp3) is 0.150. The van der Waals surface area contributed by atoms with Crippen molar-refractivity contribution >= 4 is 39.9 Å². The van der Waals surface area contributed by atoms with Gasteiger partial charge < -0.3 is 10.6 Å². The number of carbonyl (C=O) groups excluding carboxylic acids is 2. The number of thiazole rings is 1. The van der Waals surface area contributed by atoms with E-state index >= 15 is 0 Å². The van der Waals surface area contributed by atoms with Gasteiger partial charge in [-0.1, -0.05) is 59.5 Å². The van der Waals surface area contributed by atoms with Crippen molar-refractivity contribution in [2.75, 3.05) is 17.6 Å². The maximum atomic E-state index is 13.4. The van der Waals surface area contributed by atoms with Crippen LogP contribution in [-0.4, -0.2) is 29.1 Å². The normalized spacial score (nSPS) is 10.5. The standard InChI is InChI=1S/C20H18FN3O2S2/c1-2-22-16(25)12-27-20-23-17(13-7-4-3-5-8-13)19(28-20)24-18(26)14-9-6-10-15(21)11-14/h3-11H,2,12H2,1H3,(H,22,25)(H,24,26). The van der Waals surface area contributed by atoms with Crippen molar-refractivity contribution in [3.63, 3.8) is 0 Å². The lowest BCUT2D eigenvalue weighted by molar-refractivity contribution is -0.118. The summed E-state index contributed by atoms with van der Waals surface area (Å²) in [6.45, 7) is 2.43. The summed E-state index contributed by atoms with van der Waals surface area (Å²) < 4.78 is 14.1. The summed E-state index contributed by atoms with van der Waals surface area (Å²) >= 11 is 2.60. The van der Waals surface area contributed by atoms with E-state index in [1.54, 1.807) is 6.07 Å². The molecular weight excluding hydrogens is 397 g/mol. The highest BCUT2D eigenvalue weighted by Crippen LogP contribution is 2.37. The quantitative estimate of drug-likeness (QED) is 0.560. The number of rotatable bonds is 7. The molecule has 0 fully saturated rings. The van der Waals surface area contributed by atoms with E-state index < -0.39 is 11.7 Å². The predicted molar refractivity (Wildman–Crippen MR) is 111 cm³/mol. The first kappa shape index (κ1) is 20.0. The number of hydrogen-bond acceptors (Lipinski definition) is 5. The van der Waals surface area contributed by atoms with Crippen molar-refractivity contribution < 1.29 is 14.0 Å². The number of benzene rings is 2. The molecule has 0 aliphatic carbocycles. The van der Waals surface area contributed by atoms with Crippen LogP contribution < -0.4 is 10.6 Å². The number of halogens is 1. The van der Waals surface area contributed by atoms with E-state index in [-0.39, 0.29) is 17.2 Å². The number of amides is 2. The minimum absolute atomic E-state index is 0.0747. The maximum absolute atomic E-state index is 13.4. The van der Waals surface area contributed by atoms with Crippen LogP contribution in [0.1, 0.15) is 17.3 Å². The molecule has 0 saturated carbocycles. The molecule has 0 bridgehead atoms. The highest BCUT2D eigenvalue weighted by molar-refractivity contribution is 8.01. The van der Waals surface area contributed by atoms with E-state index in [1.807, 2.05) is 37.3 Å². The molecular formula is C20H18FN3O2S2. The highest BCUT2D eigenvalue weighted by atomic mass is 32.2. The summed E-state index contributed by atoms with van der Waals surface area (Å²) in [7, 11) is 0. The van der Waals surface area contributed by atoms with Crippen LogP contribution in [0.15, 0.2) is 58.9 Å². The molecule has 2 N–H and O–H groups in total. The van der Waals surface area contributed by atoms with Crippen LogP contribution in [0.4, 0.5) is 9.39 Å². The topological polar surface area (TPSA) is 71.1 Å². The molecule has 28 heavy (non-hydrogen) atoms. The van der Waals surface area contributed by atoms with Gasteiger partial charge in [-0.2, -0.15) is 0 Å². The highest BCUT2D eigenvalue weighted by Gasteiger charge is 2.17. The number of hydrogen-bond donors (Lipinski definition) is 2. The first-order valence-electron chi connectivity index (χ1n) is 8.59. The molecule has 2 amide bonds. The van der Waals surface area contributed by atoms with Gasteiger partial charge in [0.1, 0.15) is 16.5 Å². The van der Waals surface area contributed by atoms with E-state index in [0.29, 0.717) is 21.6 Å². The number of anilines is 1. The molecule has 8 heteroatoms. The second-order valence-corrected chi connectivity index (χ2v) is 7.95. The zero-order valence-electron chi connectivity index (χ0n) is 15.1. The Morgan fingerprint density at radius 3 is 2.64 bits per heavy atom. The molecule has 0 aliphatic heterocycles. The van der Waals surface area contributed by atoms with Crippen molar-refractivity contribution in [1.82, 2.24) is 10.3 Å². The monoisotopic (exact) mass is 415 g/mol. The van der Waals surface area contributed by atoms with Crippen LogP contribution in [0.25, 0.3) is 11.3 Å². The molecule has 1 heterocycles. The molecule has 0 spiro atoms. The van der Waals surface area contributed by atoms with Crippen molar-refractivity contribution in [3.05, 3.63) is 66.0 Å². The lowest BCUT2D eigenvalue weighted by atomic mass is 10.1. The molecule has 5 nitrogen and oxygen atoms in total. The van der Waals surface area contributed by atoms with Crippen LogP contribution >= 0.6 is 23.1 Å². The zero-order chi connectivity index (χ0) is 19.9. The van der Waals surface area contributed by atoms with E-state index in [0.717, 1.165) is 5.56 Å². The summed E-state index contributed by atoms with van der Waals surface area (Å²) in [6.07, 6.45) is 0. The average Bonchev–Trinajstić information content (AvgIpc) is 3.10. The van der Waals surface area contributed by atoms with Crippen LogP contribution in [-0.2, 0) is 4.79 Å². The number of thioether (sulfide) groups is 1. The van der Waals surface area contributed by atoms with E-state index in [2.05, 4.69) is 15.6 Å². The van der Waals surface area contributed by atoms with Gasteiger partial charge >= 0.3 is 0 Å². The molecule has 3 rings (SSSR count). The summed E-state index contributed by atoms with van der Waals surface area (Å²) in [4.78, 5) is 28.8. The number of carbonyl (C=O) groups is 2. The molecule has 0 atom stereocenters. The Morgan fingerprint density at radius 2 is 1.93 bits per heavy atom. The fourth-order valence-electron chi connectivity index (χ4n) is 2.42. The van der Waals surface area contributed by atoms with Gasteiger partial charge in [0.2, 0.25) is 5.91 Å². The summed E-state index contributed by atoms with van der Waals surface area (Å²) in [5.41, 5.74) is 1.69. The van der Waals surface area contributed by atoms with Gasteiger partial charge in [0.15, 0.2) is 4.34 Å². The minimum Gasteiger partial charge on any atom is -0.356 e. The predicted octanol–water partition coefficient (Wildman–Crippen LogP) is 4.43. The van der Waals surface area contributed by atoms with Gasteiger partial charge in [0.25, 0.3) is 5.91 Å². The van der Waals surface area contributed by atoms with Gasteiger partial charge in [-0.15, -0.1) is 0 Å². The van der Waals surface area contributed by atoms with Crippen molar-refractivity contribution in [3.8, 4) is 11.3 Å². The number of nitrogens with zero attached hydrogens (tertiary/aromatic N) is 1. The van der Waals surface area contributed by atoms with Gasteiger partial charge in [-0.3, -0.25) is 9.59 Å². The molecule has 3 aromatic rings. The molecule has 0 aliphatic rings. The molecule has 2 aromatic carbocycles. The number of aromatic nitrogens is 1. The third-order valence-corrected chi connectivity index (χ3v) is 5.78. The molecule has 0 radical (unpaired) electrons. The Balaban J connectivity index is 1.85. The third-order valence-electron chi connectivity index (χ3n) is 3.67. The van der Waals surface area contributed by atoms with Crippen LogP contribution in [0.5, 0.6) is 0 Å². The first-order valence-corrected chi connectivity index (χ1v) is 10.4. The number of nitrogens with one attached hydrogen (secondary N) is 2. The SMILES string of the molecule is CCNC(=O)CSc1nc(-c2ccccc2)c(NC(=O)c2cccc(F)c2)s1. The Morgan fingerprint density at radius 1 is 1.14 bits per heavy atom. The smallest absolute Gasteiger partial charge is 0.256 e. The fourth-order valence-corrected chi connectivity index (χ4v) is 4.31. The van der Waals surface area contributed by atoms with Crippen LogP contribution in [0.2, 0.25) is 0 Å². The van der Waals surface area contributed by atoms with E-state index in [1.165, 1.54) is 41.3 Å². The Labute approximate surface area is 170 Å². The van der Waals surface area contributed by atoms with Gasteiger partial charge in [-0.05, 0) is 25.1 Å². The lowest BCUT2D eigenvalue weighted by Gasteiger charge is -2.05. The maximum Gasteiger partial charge on any atom is 0.256 e. The Kier molecular flexibility index (Phi) is 6.78. The van der Waals surface area contributed by atoms with Crippen molar-refractivity contribution in [2.45, 2.75) is 11.3 Å². The molecule has 1 aromatic heterocycles. The average molecular weight is 416 g/mol. The first-order chi connectivity index (χ1) is 13.6. The van der Waals surface area contributed by atoms with Gasteiger partial charge in [0, 0.05) is 17.7 Å². The minimum atomic E-state index is -0.474. The van der Waals surface area contributed by atoms with Crippen molar-refractivity contribution in [2.24, 2.45) is 0 Å². The van der Waals surface area contributed by atoms with Gasteiger partial charge in [0.05, 0.1) is 5.75 Å². The van der Waals surface area contributed by atoms with Gasteiger partial charge in [-0.25, -0.2) is 9.37 Å². The summed E-state index contributed by atoms with van der Waals surface area (Å²) in [6, 6.07) is 15.0. The Bertz CT molecular complexity index is 977. The zero-order valence-corrected chi connectivity index (χ0v) is 16.7. The Hall–Kier alpha value is -2.71. The third kappa shape index (κ3) is 5.17. The largest absolute Gasteiger partial charge is 0.356 e. The van der Waals surface area contributed by atoms with Crippen LogP contribution in [0, 0.1) is 5.82 Å². The molecule has 0 saturated heterocycles. The second-order valence-electron chi connectivity index (χ2n) is 5.73. The van der Waals surface area contributed by atoms with Crippen LogP contribution in [0.3, 0.4) is 0 Å². The summed E-state index contributed by atoms with van der Waals surface area (Å²) in [5, 5.41) is 6.12. The van der Waals surface area contributed by atoms with Crippen molar-refractivity contribution in [1.29, 1.82) is 0 Å². The molecule has 144 valence electrons. The van der Waals surface area contributed by atoms with E-state index in [4.69, 9.17) is 0 Å². The summed E-state index contributed by atoms with van der Waals surface area (Å²) in [5.74, 6) is -0.722. The molecule has 0 unspecified atom stereocenters. The second kappa shape index (κ2) is 9.48. The van der Waals surface area contributed by atoms with E-state index in [9.17, 15) is 14.0 Å². The lowest BCUT2D eigenvalue weighted by Crippen LogP contribution is -2.24.